The summed E-state index contributed by atoms with van der Waals surface area (Å²) in [4.78, 5) is 4.42. The van der Waals surface area contributed by atoms with Gasteiger partial charge in [-0.1, -0.05) is 11.6 Å². The summed E-state index contributed by atoms with van der Waals surface area (Å²) in [5.41, 5.74) is 0.527. The van der Waals surface area contributed by atoms with Crippen molar-refractivity contribution in [1.82, 2.24) is 19.9 Å². The summed E-state index contributed by atoms with van der Waals surface area (Å²) < 4.78 is 1.72. The number of pyridine rings is 1. The van der Waals surface area contributed by atoms with E-state index in [4.69, 9.17) is 11.6 Å². The van der Waals surface area contributed by atoms with Crippen LogP contribution in [0.1, 0.15) is 19.7 Å². The van der Waals surface area contributed by atoms with Crippen molar-refractivity contribution >= 4 is 17.2 Å². The lowest BCUT2D eigenvalue weighted by atomic mass is 10.1. The minimum atomic E-state index is -0.238. The van der Waals surface area contributed by atoms with Crippen molar-refractivity contribution in [2.75, 3.05) is 7.05 Å². The van der Waals surface area contributed by atoms with E-state index < -0.39 is 0 Å². The van der Waals surface area contributed by atoms with Crippen LogP contribution in [0, 0.1) is 0 Å². The maximum atomic E-state index is 5.88. The Morgan fingerprint density at radius 2 is 2.20 bits per heavy atom. The molecule has 2 aromatic rings. The van der Waals surface area contributed by atoms with Crippen molar-refractivity contribution in [3.8, 4) is 0 Å². The predicted octanol–water partition coefficient (Wildman–Crippen LogP) is 1.84. The Morgan fingerprint density at radius 1 is 1.47 bits per heavy atom. The fourth-order valence-corrected chi connectivity index (χ4v) is 1.39. The highest BCUT2D eigenvalue weighted by molar-refractivity contribution is 6.30. The molecule has 0 aliphatic heterocycles. The van der Waals surface area contributed by atoms with Gasteiger partial charge in [0.25, 0.3) is 0 Å². The zero-order chi connectivity index (χ0) is 11.1. The highest BCUT2D eigenvalue weighted by Gasteiger charge is 2.23. The third-order valence-corrected chi connectivity index (χ3v) is 2.72. The van der Waals surface area contributed by atoms with E-state index in [0.717, 1.165) is 11.5 Å². The molecule has 0 aliphatic rings. The second-order valence-electron chi connectivity index (χ2n) is 3.96. The normalized spacial score (nSPS) is 12.3. The summed E-state index contributed by atoms with van der Waals surface area (Å²) in [6, 6.07) is 3.59. The molecule has 80 valence electrons. The molecule has 0 aliphatic carbocycles. The highest BCUT2D eigenvalue weighted by Crippen LogP contribution is 2.17. The molecular weight excluding hydrogens is 212 g/mol. The zero-order valence-electron chi connectivity index (χ0n) is 8.95. The molecule has 2 rings (SSSR count). The average Bonchev–Trinajstić information content (AvgIpc) is 2.61. The molecule has 0 aromatic carbocycles. The first-order valence-electron chi connectivity index (χ1n) is 4.74. The van der Waals surface area contributed by atoms with Gasteiger partial charge in [-0.3, -0.25) is 0 Å². The van der Waals surface area contributed by atoms with Crippen LogP contribution >= 0.6 is 11.6 Å². The lowest BCUT2D eigenvalue weighted by Gasteiger charge is -2.19. The van der Waals surface area contributed by atoms with Gasteiger partial charge in [0.05, 0.1) is 5.54 Å². The van der Waals surface area contributed by atoms with Crippen LogP contribution in [-0.2, 0) is 5.54 Å². The van der Waals surface area contributed by atoms with E-state index in [2.05, 4.69) is 15.4 Å². The van der Waals surface area contributed by atoms with E-state index in [-0.39, 0.29) is 5.54 Å². The first-order valence-corrected chi connectivity index (χ1v) is 5.12. The van der Waals surface area contributed by atoms with Crippen molar-refractivity contribution in [3.05, 3.63) is 29.2 Å². The van der Waals surface area contributed by atoms with Gasteiger partial charge in [0.1, 0.15) is 0 Å². The summed E-state index contributed by atoms with van der Waals surface area (Å²) in [5.74, 6) is 0.757. The van der Waals surface area contributed by atoms with Crippen molar-refractivity contribution in [3.63, 3.8) is 0 Å². The van der Waals surface area contributed by atoms with Crippen LogP contribution in [0.4, 0.5) is 0 Å². The molecule has 0 unspecified atom stereocenters. The van der Waals surface area contributed by atoms with Gasteiger partial charge < -0.3 is 5.32 Å². The molecule has 0 bridgehead atoms. The Hall–Kier alpha value is -1.13. The Balaban J connectivity index is 2.56. The SMILES string of the molecule is CNC(C)(C)c1nc2cc(Cl)ccn2n1. The van der Waals surface area contributed by atoms with Crippen LogP contribution in [0.15, 0.2) is 18.3 Å². The quantitative estimate of drug-likeness (QED) is 0.847. The summed E-state index contributed by atoms with van der Waals surface area (Å²) in [5, 5.41) is 8.21. The van der Waals surface area contributed by atoms with Crippen LogP contribution in [-0.4, -0.2) is 21.6 Å². The smallest absolute Gasteiger partial charge is 0.171 e. The van der Waals surface area contributed by atoms with Gasteiger partial charge in [0, 0.05) is 17.3 Å². The Labute approximate surface area is 93.3 Å². The van der Waals surface area contributed by atoms with Gasteiger partial charge in [0.2, 0.25) is 0 Å². The van der Waals surface area contributed by atoms with Gasteiger partial charge in [-0.15, -0.1) is 5.10 Å². The summed E-state index contributed by atoms with van der Waals surface area (Å²) in [7, 11) is 1.89. The van der Waals surface area contributed by atoms with E-state index in [9.17, 15) is 0 Å². The first kappa shape index (κ1) is 10.4. The molecule has 0 saturated carbocycles. The van der Waals surface area contributed by atoms with Gasteiger partial charge in [-0.05, 0) is 27.0 Å². The number of rotatable bonds is 2. The van der Waals surface area contributed by atoms with E-state index >= 15 is 0 Å². The molecule has 0 atom stereocenters. The van der Waals surface area contributed by atoms with Crippen molar-refractivity contribution in [1.29, 1.82) is 0 Å². The molecule has 2 heterocycles. The van der Waals surface area contributed by atoms with Crippen LogP contribution in [0.25, 0.3) is 5.65 Å². The summed E-state index contributed by atoms with van der Waals surface area (Å²) in [6.07, 6.45) is 1.81. The molecule has 0 saturated heterocycles. The van der Waals surface area contributed by atoms with Crippen LogP contribution in [0.3, 0.4) is 0 Å². The standard InChI is InChI=1S/C10H13ClN4/c1-10(2,12-3)9-13-8-6-7(11)4-5-15(8)14-9/h4-6,12H,1-3H3. The van der Waals surface area contributed by atoms with E-state index in [0.29, 0.717) is 5.02 Å². The number of fused-ring (bicyclic) bond motifs is 1. The molecule has 2 aromatic heterocycles. The third kappa shape index (κ3) is 1.82. The Bertz CT molecular complexity index is 489. The van der Waals surface area contributed by atoms with Crippen molar-refractivity contribution in [2.45, 2.75) is 19.4 Å². The predicted molar refractivity (Wildman–Crippen MR) is 60.1 cm³/mol. The second-order valence-corrected chi connectivity index (χ2v) is 4.39. The average molecular weight is 225 g/mol. The van der Waals surface area contributed by atoms with Crippen LogP contribution in [0.2, 0.25) is 5.02 Å². The van der Waals surface area contributed by atoms with Gasteiger partial charge in [-0.25, -0.2) is 9.50 Å². The molecular formula is C10H13ClN4. The topological polar surface area (TPSA) is 42.2 Å². The van der Waals surface area contributed by atoms with E-state index in [1.54, 1.807) is 22.8 Å². The zero-order valence-corrected chi connectivity index (χ0v) is 9.71. The number of hydrogen-bond acceptors (Lipinski definition) is 3. The second kappa shape index (κ2) is 3.47. The fourth-order valence-electron chi connectivity index (χ4n) is 1.23. The Morgan fingerprint density at radius 3 is 2.87 bits per heavy atom. The third-order valence-electron chi connectivity index (χ3n) is 2.48. The van der Waals surface area contributed by atoms with Gasteiger partial charge in [-0.2, -0.15) is 0 Å². The molecule has 1 N–H and O–H groups in total. The minimum Gasteiger partial charge on any atom is -0.308 e. The maximum absolute atomic E-state index is 5.88. The van der Waals surface area contributed by atoms with Crippen LogP contribution < -0.4 is 5.32 Å². The number of aromatic nitrogens is 3. The van der Waals surface area contributed by atoms with Crippen molar-refractivity contribution in [2.24, 2.45) is 0 Å². The highest BCUT2D eigenvalue weighted by atomic mass is 35.5. The number of nitrogens with zero attached hydrogens (tertiary/aromatic N) is 3. The van der Waals surface area contributed by atoms with E-state index in [1.807, 2.05) is 20.9 Å². The number of halogens is 1. The maximum Gasteiger partial charge on any atom is 0.171 e. The molecule has 0 amide bonds. The molecule has 0 fully saturated rings. The van der Waals surface area contributed by atoms with E-state index in [1.165, 1.54) is 0 Å². The monoisotopic (exact) mass is 224 g/mol. The van der Waals surface area contributed by atoms with Gasteiger partial charge in [0.15, 0.2) is 11.5 Å². The fraction of sp³-hybridized carbons (Fsp3) is 0.400. The molecule has 4 nitrogen and oxygen atoms in total. The van der Waals surface area contributed by atoms with Crippen molar-refractivity contribution < 1.29 is 0 Å². The lowest BCUT2D eigenvalue weighted by Crippen LogP contribution is -2.34. The molecule has 5 heteroatoms. The first-order chi connectivity index (χ1) is 7.03. The minimum absolute atomic E-state index is 0.238. The number of hydrogen-bond donors (Lipinski definition) is 1. The number of nitrogens with one attached hydrogen (secondary N) is 1. The largest absolute Gasteiger partial charge is 0.308 e. The van der Waals surface area contributed by atoms with Crippen LogP contribution in [0.5, 0.6) is 0 Å². The molecule has 0 spiro atoms. The Kier molecular flexibility index (Phi) is 2.40. The molecule has 15 heavy (non-hydrogen) atoms. The summed E-state index contributed by atoms with van der Waals surface area (Å²) in [6.45, 7) is 4.06. The molecule has 0 radical (unpaired) electrons. The summed E-state index contributed by atoms with van der Waals surface area (Å²) >= 11 is 5.88. The van der Waals surface area contributed by atoms with Gasteiger partial charge >= 0.3 is 0 Å². The lowest BCUT2D eigenvalue weighted by molar-refractivity contribution is 0.417.